The Balaban J connectivity index is 1.67. The minimum atomic E-state index is -1.10. The van der Waals surface area contributed by atoms with Crippen molar-refractivity contribution in [2.75, 3.05) is 5.75 Å². The average molecular weight is 332 g/mol. The lowest BCUT2D eigenvalue weighted by molar-refractivity contribution is -0.150. The SMILES string of the molecule is CC1=C(C(=O)O)N2C(=O)[C@H](NC(=O)Cc3ccccc3)[C@@H]2SC1. The molecule has 1 fully saturated rings. The van der Waals surface area contributed by atoms with Gasteiger partial charge in [-0.15, -0.1) is 11.8 Å². The fraction of sp³-hybridized carbons (Fsp3) is 0.312. The molecule has 23 heavy (non-hydrogen) atoms. The van der Waals surface area contributed by atoms with Gasteiger partial charge in [-0.25, -0.2) is 4.79 Å². The second kappa shape index (κ2) is 6.08. The number of carboxylic acid groups (broad SMARTS) is 1. The van der Waals surface area contributed by atoms with E-state index in [1.807, 2.05) is 30.3 Å². The second-order valence-corrected chi connectivity index (χ2v) is 6.66. The zero-order valence-corrected chi connectivity index (χ0v) is 13.3. The summed E-state index contributed by atoms with van der Waals surface area (Å²) in [6.07, 6.45) is 0.197. The van der Waals surface area contributed by atoms with Gasteiger partial charge in [0.05, 0.1) is 6.42 Å². The topological polar surface area (TPSA) is 86.7 Å². The van der Waals surface area contributed by atoms with Crippen molar-refractivity contribution in [3.8, 4) is 0 Å². The van der Waals surface area contributed by atoms with E-state index >= 15 is 0 Å². The maximum absolute atomic E-state index is 12.2. The summed E-state index contributed by atoms with van der Waals surface area (Å²) in [4.78, 5) is 36.9. The third-order valence-electron chi connectivity index (χ3n) is 3.89. The van der Waals surface area contributed by atoms with Crippen LogP contribution >= 0.6 is 11.8 Å². The molecule has 1 aromatic carbocycles. The highest BCUT2D eigenvalue weighted by Gasteiger charge is 2.53. The molecule has 0 aliphatic carbocycles. The second-order valence-electron chi connectivity index (χ2n) is 5.55. The molecule has 2 heterocycles. The highest BCUT2D eigenvalue weighted by molar-refractivity contribution is 8.00. The van der Waals surface area contributed by atoms with E-state index in [0.717, 1.165) is 5.56 Å². The van der Waals surface area contributed by atoms with Crippen LogP contribution in [0.25, 0.3) is 0 Å². The summed E-state index contributed by atoms with van der Waals surface area (Å²) in [6, 6.07) is 8.61. The van der Waals surface area contributed by atoms with Crippen molar-refractivity contribution >= 4 is 29.5 Å². The van der Waals surface area contributed by atoms with Crippen LogP contribution in [0.3, 0.4) is 0 Å². The van der Waals surface area contributed by atoms with Crippen LogP contribution in [-0.2, 0) is 20.8 Å². The maximum Gasteiger partial charge on any atom is 0.352 e. The zero-order chi connectivity index (χ0) is 16.6. The summed E-state index contributed by atoms with van der Waals surface area (Å²) in [6.45, 7) is 1.71. The van der Waals surface area contributed by atoms with Gasteiger partial charge in [0.15, 0.2) is 0 Å². The van der Waals surface area contributed by atoms with Gasteiger partial charge in [0.25, 0.3) is 5.91 Å². The standard InChI is InChI=1S/C16H16N2O4S/c1-9-8-23-15-12(14(20)18(15)13(9)16(21)22)17-11(19)7-10-5-3-2-4-6-10/h2-6,12,15H,7-8H2,1H3,(H,17,19)(H,21,22)/t12-,15-/m0/s1. The minimum Gasteiger partial charge on any atom is -0.477 e. The van der Waals surface area contributed by atoms with E-state index in [-0.39, 0.29) is 29.3 Å². The molecular weight excluding hydrogens is 316 g/mol. The minimum absolute atomic E-state index is 0.0484. The zero-order valence-electron chi connectivity index (χ0n) is 12.5. The Kier molecular flexibility index (Phi) is 4.12. The van der Waals surface area contributed by atoms with Crippen molar-refractivity contribution in [1.82, 2.24) is 10.2 Å². The van der Waals surface area contributed by atoms with Crippen molar-refractivity contribution in [1.29, 1.82) is 0 Å². The molecule has 0 unspecified atom stereocenters. The fourth-order valence-electron chi connectivity index (χ4n) is 2.78. The van der Waals surface area contributed by atoms with Crippen molar-refractivity contribution in [3.63, 3.8) is 0 Å². The largest absolute Gasteiger partial charge is 0.477 e. The van der Waals surface area contributed by atoms with E-state index in [9.17, 15) is 19.5 Å². The number of amides is 2. The lowest BCUT2D eigenvalue weighted by atomic mass is 10.0. The van der Waals surface area contributed by atoms with E-state index in [1.54, 1.807) is 6.92 Å². The molecule has 2 atom stereocenters. The summed E-state index contributed by atoms with van der Waals surface area (Å²) < 4.78 is 0. The summed E-state index contributed by atoms with van der Waals surface area (Å²) in [5.41, 5.74) is 1.58. The van der Waals surface area contributed by atoms with E-state index in [1.165, 1.54) is 16.7 Å². The fourth-order valence-corrected chi connectivity index (χ4v) is 4.07. The number of carboxylic acids is 1. The molecule has 0 bridgehead atoms. The Labute approximate surface area is 137 Å². The van der Waals surface area contributed by atoms with Crippen LogP contribution in [0.5, 0.6) is 0 Å². The first-order chi connectivity index (χ1) is 11.0. The lowest BCUT2D eigenvalue weighted by Crippen LogP contribution is -2.70. The van der Waals surface area contributed by atoms with Crippen LogP contribution in [0.4, 0.5) is 0 Å². The van der Waals surface area contributed by atoms with Crippen LogP contribution in [0.1, 0.15) is 12.5 Å². The molecule has 0 saturated carbocycles. The summed E-state index contributed by atoms with van der Waals surface area (Å²) in [5.74, 6) is -1.16. The van der Waals surface area contributed by atoms with Gasteiger partial charge < -0.3 is 10.4 Å². The van der Waals surface area contributed by atoms with E-state index < -0.39 is 12.0 Å². The van der Waals surface area contributed by atoms with Gasteiger partial charge >= 0.3 is 5.97 Å². The van der Waals surface area contributed by atoms with Gasteiger partial charge in [-0.1, -0.05) is 30.3 Å². The monoisotopic (exact) mass is 332 g/mol. The molecule has 2 aliphatic heterocycles. The first kappa shape index (κ1) is 15.6. The lowest BCUT2D eigenvalue weighted by Gasteiger charge is -2.49. The molecule has 120 valence electrons. The average Bonchev–Trinajstić information content (AvgIpc) is 2.53. The van der Waals surface area contributed by atoms with Crippen LogP contribution in [-0.4, -0.2) is 45.0 Å². The number of nitrogens with zero attached hydrogens (tertiary/aromatic N) is 1. The highest BCUT2D eigenvalue weighted by atomic mass is 32.2. The smallest absolute Gasteiger partial charge is 0.352 e. The molecule has 7 heteroatoms. The Hall–Kier alpha value is -2.28. The molecule has 0 radical (unpaired) electrons. The van der Waals surface area contributed by atoms with Crippen LogP contribution in [0.2, 0.25) is 0 Å². The molecule has 2 aliphatic rings. The van der Waals surface area contributed by atoms with Crippen molar-refractivity contribution in [3.05, 3.63) is 47.2 Å². The van der Waals surface area contributed by atoms with Crippen LogP contribution < -0.4 is 5.32 Å². The molecule has 1 aromatic rings. The molecule has 2 amide bonds. The quantitative estimate of drug-likeness (QED) is 0.803. The number of rotatable bonds is 4. The molecule has 3 rings (SSSR count). The highest BCUT2D eigenvalue weighted by Crippen LogP contribution is 2.40. The molecule has 0 aromatic heterocycles. The van der Waals surface area contributed by atoms with E-state index in [0.29, 0.717) is 11.3 Å². The number of fused-ring (bicyclic) bond motifs is 1. The summed E-state index contributed by atoms with van der Waals surface area (Å²) >= 11 is 1.47. The number of carbonyl (C=O) groups is 3. The number of aliphatic carboxylic acids is 1. The Morgan fingerprint density at radius 1 is 1.35 bits per heavy atom. The Morgan fingerprint density at radius 2 is 2.04 bits per heavy atom. The van der Waals surface area contributed by atoms with Crippen molar-refractivity contribution in [2.45, 2.75) is 24.8 Å². The number of hydrogen-bond donors (Lipinski definition) is 2. The first-order valence-corrected chi connectivity index (χ1v) is 8.25. The summed E-state index contributed by atoms with van der Waals surface area (Å²) in [5, 5.41) is 11.6. The first-order valence-electron chi connectivity index (χ1n) is 7.20. The maximum atomic E-state index is 12.2. The third kappa shape index (κ3) is 2.84. The predicted octanol–water partition coefficient (Wildman–Crippen LogP) is 0.988. The number of β-lactam (4-membered cyclic amide) rings is 1. The van der Waals surface area contributed by atoms with Crippen LogP contribution in [0.15, 0.2) is 41.6 Å². The van der Waals surface area contributed by atoms with E-state index in [2.05, 4.69) is 5.32 Å². The van der Waals surface area contributed by atoms with E-state index in [4.69, 9.17) is 0 Å². The molecule has 2 N–H and O–H groups in total. The number of thioether (sulfide) groups is 1. The number of benzene rings is 1. The Morgan fingerprint density at radius 3 is 2.70 bits per heavy atom. The third-order valence-corrected chi connectivity index (χ3v) is 5.31. The molecule has 6 nitrogen and oxygen atoms in total. The molecular formula is C16H16N2O4S. The van der Waals surface area contributed by atoms with Gasteiger partial charge in [-0.05, 0) is 18.1 Å². The van der Waals surface area contributed by atoms with Gasteiger partial charge in [0.1, 0.15) is 17.1 Å². The van der Waals surface area contributed by atoms with Gasteiger partial charge in [-0.2, -0.15) is 0 Å². The number of nitrogens with one attached hydrogen (secondary N) is 1. The molecule has 1 saturated heterocycles. The van der Waals surface area contributed by atoms with Gasteiger partial charge in [0.2, 0.25) is 5.91 Å². The normalized spacial score (nSPS) is 23.2. The van der Waals surface area contributed by atoms with Gasteiger partial charge in [0, 0.05) is 5.75 Å². The van der Waals surface area contributed by atoms with Crippen molar-refractivity contribution in [2.24, 2.45) is 0 Å². The predicted molar refractivity (Wildman–Crippen MR) is 85.5 cm³/mol. The number of hydrogen-bond acceptors (Lipinski definition) is 4. The van der Waals surface area contributed by atoms with Gasteiger partial charge in [-0.3, -0.25) is 14.5 Å². The van der Waals surface area contributed by atoms with Crippen LogP contribution in [0, 0.1) is 0 Å². The number of carbonyl (C=O) groups excluding carboxylic acids is 2. The van der Waals surface area contributed by atoms with Crippen molar-refractivity contribution < 1.29 is 19.5 Å². The summed E-state index contributed by atoms with van der Waals surface area (Å²) in [7, 11) is 0. The Bertz CT molecular complexity index is 701. The molecule has 0 spiro atoms.